The number of hydrogen-bond donors (Lipinski definition) is 1. The third-order valence-electron chi connectivity index (χ3n) is 10.4. The molecular weight excluding hydrogens is 417 g/mol. The Balaban J connectivity index is 1.17. The molecule has 2 aromatic heterocycles. The Bertz CT molecular complexity index is 1020. The van der Waals surface area contributed by atoms with Crippen LogP contribution in [0.4, 0.5) is 4.39 Å². The van der Waals surface area contributed by atoms with Crippen molar-refractivity contribution in [3.05, 3.63) is 24.5 Å². The molecule has 1 unspecified atom stereocenters. The average Bonchev–Trinajstić information content (AvgIpc) is 3.38. The van der Waals surface area contributed by atoms with E-state index in [1.807, 2.05) is 18.3 Å². The molecule has 0 radical (unpaired) electrons. The Morgan fingerprint density at radius 2 is 1.97 bits per heavy atom. The van der Waals surface area contributed by atoms with Gasteiger partial charge in [0.1, 0.15) is 17.7 Å². The number of rotatable bonds is 4. The van der Waals surface area contributed by atoms with E-state index in [0.29, 0.717) is 54.8 Å². The van der Waals surface area contributed by atoms with Crippen molar-refractivity contribution in [1.82, 2.24) is 14.8 Å². The molecule has 0 aliphatic heterocycles. The summed E-state index contributed by atoms with van der Waals surface area (Å²) in [4.78, 5) is 17.8. The number of halogens is 1. The molecule has 4 fully saturated rings. The van der Waals surface area contributed by atoms with Gasteiger partial charge < -0.3 is 5.11 Å². The number of pyridine rings is 1. The summed E-state index contributed by atoms with van der Waals surface area (Å²) in [5.74, 6) is 3.56. The van der Waals surface area contributed by atoms with Crippen LogP contribution in [0.3, 0.4) is 0 Å². The fourth-order valence-corrected chi connectivity index (χ4v) is 8.87. The molecule has 2 aromatic rings. The second kappa shape index (κ2) is 7.86. The maximum absolute atomic E-state index is 13.5. The van der Waals surface area contributed by atoms with Gasteiger partial charge in [0.05, 0.1) is 18.3 Å². The minimum absolute atomic E-state index is 0.0876. The first-order valence-corrected chi connectivity index (χ1v) is 13.0. The van der Waals surface area contributed by atoms with Crippen LogP contribution in [0.2, 0.25) is 0 Å². The highest BCUT2D eigenvalue weighted by Gasteiger charge is 2.59. The van der Waals surface area contributed by atoms with Gasteiger partial charge in [-0.05, 0) is 105 Å². The Kier molecular flexibility index (Phi) is 5.17. The molecule has 5 nitrogen and oxygen atoms in total. The number of hydrogen-bond acceptors (Lipinski definition) is 4. The van der Waals surface area contributed by atoms with Gasteiger partial charge in [-0.15, -0.1) is 0 Å². The van der Waals surface area contributed by atoms with Gasteiger partial charge in [-0.25, -0.2) is 4.39 Å². The Morgan fingerprint density at radius 1 is 1.12 bits per heavy atom. The van der Waals surface area contributed by atoms with Gasteiger partial charge in [0, 0.05) is 12.1 Å². The van der Waals surface area contributed by atoms with Crippen molar-refractivity contribution in [2.75, 3.05) is 6.67 Å². The lowest BCUT2D eigenvalue weighted by Crippen LogP contribution is -2.52. The second-order valence-corrected chi connectivity index (χ2v) is 11.9. The van der Waals surface area contributed by atoms with E-state index in [2.05, 4.69) is 17.0 Å². The predicted octanol–water partition coefficient (Wildman–Crippen LogP) is 4.97. The SMILES string of the molecule is C[C@]12CC[C@H]3C(CC[C@@H]4C[C@@](O)(CF)CC[C@@H]43)[C@@H]1CC[C@@H]2C(=O)Cn1cc2ncccc2n1. The summed E-state index contributed by atoms with van der Waals surface area (Å²) in [7, 11) is 0. The highest BCUT2D eigenvalue weighted by Crippen LogP contribution is 2.64. The van der Waals surface area contributed by atoms with Gasteiger partial charge in [-0.1, -0.05) is 6.92 Å². The second-order valence-electron chi connectivity index (χ2n) is 11.9. The number of carbonyl (C=O) groups excluding carboxylic acids is 1. The van der Waals surface area contributed by atoms with E-state index in [-0.39, 0.29) is 11.3 Å². The molecule has 4 saturated carbocycles. The molecule has 178 valence electrons. The quantitative estimate of drug-likeness (QED) is 0.710. The Hall–Kier alpha value is -1.82. The molecule has 0 saturated heterocycles. The molecule has 0 bridgehead atoms. The zero-order valence-electron chi connectivity index (χ0n) is 19.6. The number of alkyl halides is 1. The van der Waals surface area contributed by atoms with Crippen LogP contribution in [-0.4, -0.2) is 37.9 Å². The number of Topliss-reactive ketones (excluding diaryl/α,β-unsaturated/α-hetero) is 1. The first-order valence-electron chi connectivity index (χ1n) is 13.0. The van der Waals surface area contributed by atoms with Gasteiger partial charge in [-0.3, -0.25) is 14.5 Å². The lowest BCUT2D eigenvalue weighted by Gasteiger charge is -2.56. The van der Waals surface area contributed by atoms with Crippen LogP contribution in [0.1, 0.15) is 64.7 Å². The van der Waals surface area contributed by atoms with Crippen molar-refractivity contribution >= 4 is 16.8 Å². The molecule has 0 spiro atoms. The van der Waals surface area contributed by atoms with E-state index in [9.17, 15) is 14.3 Å². The zero-order chi connectivity index (χ0) is 22.8. The van der Waals surface area contributed by atoms with Crippen molar-refractivity contribution in [2.24, 2.45) is 40.9 Å². The molecular formula is C27H36FN3O2. The molecule has 2 heterocycles. The van der Waals surface area contributed by atoms with Crippen LogP contribution in [0.15, 0.2) is 24.5 Å². The van der Waals surface area contributed by atoms with Crippen LogP contribution in [0, 0.1) is 40.9 Å². The van der Waals surface area contributed by atoms with Gasteiger partial charge in [0.25, 0.3) is 0 Å². The lowest BCUT2D eigenvalue weighted by molar-refractivity contribution is -0.134. The smallest absolute Gasteiger partial charge is 0.157 e. The topological polar surface area (TPSA) is 68.0 Å². The highest BCUT2D eigenvalue weighted by molar-refractivity contribution is 5.82. The Labute approximate surface area is 195 Å². The van der Waals surface area contributed by atoms with Gasteiger partial charge in [-0.2, -0.15) is 5.10 Å². The first-order chi connectivity index (χ1) is 15.9. The minimum Gasteiger partial charge on any atom is -0.387 e. The fraction of sp³-hybridized carbons (Fsp3) is 0.741. The van der Waals surface area contributed by atoms with Crippen molar-refractivity contribution in [3.63, 3.8) is 0 Å². The highest BCUT2D eigenvalue weighted by atomic mass is 19.1. The summed E-state index contributed by atoms with van der Waals surface area (Å²) < 4.78 is 15.2. The van der Waals surface area contributed by atoms with E-state index in [4.69, 9.17) is 0 Å². The molecule has 4 aliphatic carbocycles. The third kappa shape index (κ3) is 3.46. The maximum Gasteiger partial charge on any atom is 0.157 e. The first kappa shape index (κ1) is 21.7. The van der Waals surface area contributed by atoms with Gasteiger partial charge in [0.2, 0.25) is 0 Å². The summed E-state index contributed by atoms with van der Waals surface area (Å²) in [6.07, 6.45) is 12.6. The number of fused-ring (bicyclic) bond motifs is 6. The van der Waals surface area contributed by atoms with E-state index >= 15 is 0 Å². The summed E-state index contributed by atoms with van der Waals surface area (Å²) >= 11 is 0. The maximum atomic E-state index is 13.5. The average molecular weight is 454 g/mol. The third-order valence-corrected chi connectivity index (χ3v) is 10.4. The summed E-state index contributed by atoms with van der Waals surface area (Å²) in [6, 6.07) is 3.81. The number of nitrogens with zero attached hydrogens (tertiary/aromatic N) is 3. The van der Waals surface area contributed by atoms with Gasteiger partial charge in [0.15, 0.2) is 5.78 Å². The molecule has 8 atom stereocenters. The normalized spacial score (nSPS) is 42.5. The van der Waals surface area contributed by atoms with E-state index < -0.39 is 12.3 Å². The van der Waals surface area contributed by atoms with E-state index in [1.165, 1.54) is 12.8 Å². The van der Waals surface area contributed by atoms with Crippen LogP contribution < -0.4 is 0 Å². The summed E-state index contributed by atoms with van der Waals surface area (Å²) in [5, 5.41) is 15.1. The zero-order valence-corrected chi connectivity index (χ0v) is 19.6. The molecule has 33 heavy (non-hydrogen) atoms. The Morgan fingerprint density at radius 3 is 2.79 bits per heavy atom. The number of aliphatic hydroxyl groups is 1. The summed E-state index contributed by atoms with van der Waals surface area (Å²) in [6.45, 7) is 2.13. The minimum atomic E-state index is -1.07. The van der Waals surface area contributed by atoms with Gasteiger partial charge >= 0.3 is 0 Å². The van der Waals surface area contributed by atoms with E-state index in [0.717, 1.165) is 43.1 Å². The van der Waals surface area contributed by atoms with Crippen molar-refractivity contribution in [2.45, 2.75) is 76.9 Å². The number of carbonyl (C=O) groups is 1. The number of aromatic nitrogens is 3. The molecule has 0 aromatic carbocycles. The fourth-order valence-electron chi connectivity index (χ4n) is 8.87. The monoisotopic (exact) mass is 453 g/mol. The standard InChI is InChI=1S/C27H36FN3O2/c1-26-10-8-19-18-9-11-27(33,16-28)13-17(18)4-5-20(19)21(26)6-7-22(26)25(32)15-31-14-24-23(30-31)3-2-12-29-24/h2-3,12,14,17-22,33H,4-11,13,15-16H2,1H3/t17-,18+,19-,20?,21+,22-,26+,27-/m1/s1. The molecule has 6 rings (SSSR count). The molecule has 6 heteroatoms. The number of ketones is 1. The van der Waals surface area contributed by atoms with Crippen LogP contribution in [-0.2, 0) is 11.3 Å². The lowest BCUT2D eigenvalue weighted by atomic mass is 9.49. The largest absolute Gasteiger partial charge is 0.387 e. The van der Waals surface area contributed by atoms with Crippen molar-refractivity contribution in [1.29, 1.82) is 0 Å². The van der Waals surface area contributed by atoms with Crippen LogP contribution in [0.5, 0.6) is 0 Å². The van der Waals surface area contributed by atoms with Crippen LogP contribution >= 0.6 is 0 Å². The molecule has 0 amide bonds. The molecule has 4 aliphatic rings. The summed E-state index contributed by atoms with van der Waals surface area (Å²) in [5.41, 5.74) is 0.689. The molecule has 1 N–H and O–H groups in total. The predicted molar refractivity (Wildman–Crippen MR) is 124 cm³/mol. The van der Waals surface area contributed by atoms with Crippen molar-refractivity contribution in [3.8, 4) is 0 Å². The van der Waals surface area contributed by atoms with Crippen molar-refractivity contribution < 1.29 is 14.3 Å². The van der Waals surface area contributed by atoms with E-state index in [1.54, 1.807) is 10.9 Å². The van der Waals surface area contributed by atoms with Crippen LogP contribution in [0.25, 0.3) is 11.0 Å².